The molecule has 0 spiro atoms. The van der Waals surface area contributed by atoms with E-state index in [1.165, 1.54) is 11.1 Å². The number of fused-ring (bicyclic) bond motifs is 1. The molecule has 0 aromatic heterocycles. The molecule has 1 saturated heterocycles. The van der Waals surface area contributed by atoms with Gasteiger partial charge in [0.05, 0.1) is 12.5 Å². The van der Waals surface area contributed by atoms with E-state index in [1.54, 1.807) is 4.90 Å². The summed E-state index contributed by atoms with van der Waals surface area (Å²) < 4.78 is 5.86. The molecule has 0 saturated carbocycles. The predicted molar refractivity (Wildman–Crippen MR) is 102 cm³/mol. The molecular weight excluding hydrogens is 340 g/mol. The van der Waals surface area contributed by atoms with Gasteiger partial charge in [0.25, 0.3) is 0 Å². The third-order valence-electron chi connectivity index (χ3n) is 5.32. The molecule has 0 radical (unpaired) electrons. The number of benzene rings is 2. The quantitative estimate of drug-likeness (QED) is 0.855. The molecule has 5 heteroatoms. The standard InChI is InChI=1S/C22H24N2O3/c25-21-13-18(15-24(21)11-10-16-6-2-1-3-7-16)22(26)23-14-19-12-17-8-4-5-9-20(17)27-19/h1-9,18-19H,10-15H2,(H,23,26)/t18-,19-/m0/s1. The maximum Gasteiger partial charge on any atom is 0.225 e. The van der Waals surface area contributed by atoms with Crippen molar-refractivity contribution >= 4 is 11.8 Å². The molecule has 27 heavy (non-hydrogen) atoms. The smallest absolute Gasteiger partial charge is 0.225 e. The Morgan fingerprint density at radius 3 is 2.67 bits per heavy atom. The highest BCUT2D eigenvalue weighted by atomic mass is 16.5. The number of carbonyl (C=O) groups excluding carboxylic acids is 2. The van der Waals surface area contributed by atoms with Crippen molar-refractivity contribution in [2.45, 2.75) is 25.4 Å². The highest BCUT2D eigenvalue weighted by Crippen LogP contribution is 2.28. The van der Waals surface area contributed by atoms with Crippen LogP contribution >= 0.6 is 0 Å². The summed E-state index contributed by atoms with van der Waals surface area (Å²) in [6.45, 7) is 1.64. The number of amides is 2. The van der Waals surface area contributed by atoms with Crippen LogP contribution < -0.4 is 10.1 Å². The number of rotatable bonds is 6. The van der Waals surface area contributed by atoms with E-state index in [2.05, 4.69) is 23.5 Å². The average Bonchev–Trinajstić information content (AvgIpc) is 3.28. The maximum atomic E-state index is 12.5. The van der Waals surface area contributed by atoms with Crippen molar-refractivity contribution in [3.8, 4) is 5.75 Å². The Balaban J connectivity index is 1.23. The van der Waals surface area contributed by atoms with Crippen LogP contribution in [0, 0.1) is 5.92 Å². The first kappa shape index (κ1) is 17.6. The van der Waals surface area contributed by atoms with Crippen LogP contribution in [-0.4, -0.2) is 42.5 Å². The molecule has 0 aliphatic carbocycles. The first-order valence-corrected chi connectivity index (χ1v) is 9.53. The van der Waals surface area contributed by atoms with Crippen molar-refractivity contribution < 1.29 is 14.3 Å². The third-order valence-corrected chi connectivity index (χ3v) is 5.32. The van der Waals surface area contributed by atoms with Crippen LogP contribution in [0.5, 0.6) is 5.75 Å². The molecule has 0 unspecified atom stereocenters. The molecule has 1 fully saturated rings. The summed E-state index contributed by atoms with van der Waals surface area (Å²) in [5, 5.41) is 2.97. The Morgan fingerprint density at radius 1 is 1.07 bits per heavy atom. The Kier molecular flexibility index (Phi) is 5.10. The topological polar surface area (TPSA) is 58.6 Å². The molecule has 2 aromatic rings. The Hall–Kier alpha value is -2.82. The summed E-state index contributed by atoms with van der Waals surface area (Å²) in [5.74, 6) is 0.651. The summed E-state index contributed by atoms with van der Waals surface area (Å²) in [4.78, 5) is 26.5. The van der Waals surface area contributed by atoms with Gasteiger partial charge >= 0.3 is 0 Å². The lowest BCUT2D eigenvalue weighted by Crippen LogP contribution is -2.39. The van der Waals surface area contributed by atoms with Gasteiger partial charge in [-0.2, -0.15) is 0 Å². The lowest BCUT2D eigenvalue weighted by Gasteiger charge is -2.17. The number of likely N-dealkylation sites (tertiary alicyclic amines) is 1. The van der Waals surface area contributed by atoms with E-state index < -0.39 is 0 Å². The van der Waals surface area contributed by atoms with Crippen LogP contribution in [0.4, 0.5) is 0 Å². The largest absolute Gasteiger partial charge is 0.488 e. The van der Waals surface area contributed by atoms with E-state index in [0.29, 0.717) is 26.1 Å². The van der Waals surface area contributed by atoms with Crippen LogP contribution in [0.2, 0.25) is 0 Å². The number of hydrogen-bond acceptors (Lipinski definition) is 3. The van der Waals surface area contributed by atoms with Crippen molar-refractivity contribution in [1.29, 1.82) is 0 Å². The molecule has 2 heterocycles. The normalized spacial score (nSPS) is 21.0. The molecule has 2 aliphatic rings. The van der Waals surface area contributed by atoms with E-state index in [-0.39, 0.29) is 23.8 Å². The lowest BCUT2D eigenvalue weighted by atomic mass is 10.1. The first-order chi connectivity index (χ1) is 13.2. The number of nitrogens with zero attached hydrogens (tertiary/aromatic N) is 1. The number of para-hydroxylation sites is 1. The average molecular weight is 364 g/mol. The Morgan fingerprint density at radius 2 is 1.85 bits per heavy atom. The number of ether oxygens (including phenoxy) is 1. The molecule has 2 amide bonds. The number of hydrogen-bond donors (Lipinski definition) is 1. The molecule has 2 aliphatic heterocycles. The van der Waals surface area contributed by atoms with Crippen molar-refractivity contribution in [2.24, 2.45) is 5.92 Å². The molecule has 2 atom stereocenters. The fourth-order valence-electron chi connectivity index (χ4n) is 3.80. The Labute approximate surface area is 159 Å². The molecule has 5 nitrogen and oxygen atoms in total. The summed E-state index contributed by atoms with van der Waals surface area (Å²) in [6, 6.07) is 18.1. The summed E-state index contributed by atoms with van der Waals surface area (Å²) in [7, 11) is 0. The van der Waals surface area contributed by atoms with Gasteiger partial charge in [-0.1, -0.05) is 48.5 Å². The van der Waals surface area contributed by atoms with Gasteiger partial charge in [0.2, 0.25) is 11.8 Å². The summed E-state index contributed by atoms with van der Waals surface area (Å²) in [6.07, 6.45) is 1.89. The SMILES string of the molecule is O=C(NC[C@@H]1Cc2ccccc2O1)[C@H]1CC(=O)N(CCc2ccccc2)C1. The fraction of sp³-hybridized carbons (Fsp3) is 0.364. The van der Waals surface area contributed by atoms with Crippen molar-refractivity contribution in [2.75, 3.05) is 19.6 Å². The zero-order valence-corrected chi connectivity index (χ0v) is 15.3. The monoisotopic (exact) mass is 364 g/mol. The minimum Gasteiger partial charge on any atom is -0.488 e. The molecule has 2 aromatic carbocycles. The molecule has 1 N–H and O–H groups in total. The van der Waals surface area contributed by atoms with Crippen molar-refractivity contribution in [3.05, 3.63) is 65.7 Å². The second-order valence-electron chi connectivity index (χ2n) is 7.27. The minimum atomic E-state index is -0.267. The maximum absolute atomic E-state index is 12.5. The highest BCUT2D eigenvalue weighted by Gasteiger charge is 2.34. The van der Waals surface area contributed by atoms with Gasteiger partial charge < -0.3 is 15.0 Å². The van der Waals surface area contributed by atoms with E-state index in [9.17, 15) is 9.59 Å². The molecule has 140 valence electrons. The van der Waals surface area contributed by atoms with Gasteiger partial charge in [-0.05, 0) is 23.6 Å². The highest BCUT2D eigenvalue weighted by molar-refractivity contribution is 5.89. The lowest BCUT2D eigenvalue weighted by molar-refractivity contribution is -0.129. The second kappa shape index (κ2) is 7.82. The summed E-state index contributed by atoms with van der Waals surface area (Å²) >= 11 is 0. The van der Waals surface area contributed by atoms with Gasteiger partial charge in [0.15, 0.2) is 0 Å². The number of nitrogens with one attached hydrogen (secondary N) is 1. The summed E-state index contributed by atoms with van der Waals surface area (Å²) in [5.41, 5.74) is 2.39. The molecule has 4 rings (SSSR count). The first-order valence-electron chi connectivity index (χ1n) is 9.53. The van der Waals surface area contributed by atoms with E-state index >= 15 is 0 Å². The van der Waals surface area contributed by atoms with Crippen molar-refractivity contribution in [1.82, 2.24) is 10.2 Å². The second-order valence-corrected chi connectivity index (χ2v) is 7.27. The van der Waals surface area contributed by atoms with Crippen LogP contribution in [0.15, 0.2) is 54.6 Å². The van der Waals surface area contributed by atoms with Gasteiger partial charge in [-0.3, -0.25) is 9.59 Å². The molecular formula is C22H24N2O3. The van der Waals surface area contributed by atoms with Crippen molar-refractivity contribution in [3.63, 3.8) is 0 Å². The fourth-order valence-corrected chi connectivity index (χ4v) is 3.80. The van der Waals surface area contributed by atoms with Gasteiger partial charge in [-0.15, -0.1) is 0 Å². The van der Waals surface area contributed by atoms with Crippen LogP contribution in [-0.2, 0) is 22.4 Å². The number of carbonyl (C=O) groups is 2. The van der Waals surface area contributed by atoms with E-state index in [0.717, 1.165) is 18.6 Å². The predicted octanol–water partition coefficient (Wildman–Crippen LogP) is 2.20. The Bertz CT molecular complexity index is 796. The molecule has 0 bridgehead atoms. The van der Waals surface area contributed by atoms with E-state index in [1.807, 2.05) is 36.4 Å². The minimum absolute atomic E-state index is 0.0300. The van der Waals surface area contributed by atoms with Gasteiger partial charge in [0.1, 0.15) is 11.9 Å². The zero-order valence-electron chi connectivity index (χ0n) is 15.3. The van der Waals surface area contributed by atoms with Crippen LogP contribution in [0.25, 0.3) is 0 Å². The van der Waals surface area contributed by atoms with Gasteiger partial charge in [-0.25, -0.2) is 0 Å². The third kappa shape index (κ3) is 4.13. The van der Waals surface area contributed by atoms with Crippen LogP contribution in [0.1, 0.15) is 17.5 Å². The van der Waals surface area contributed by atoms with Gasteiger partial charge in [0, 0.05) is 25.9 Å². The van der Waals surface area contributed by atoms with E-state index in [4.69, 9.17) is 4.74 Å². The van der Waals surface area contributed by atoms with Crippen LogP contribution in [0.3, 0.4) is 0 Å². The zero-order chi connectivity index (χ0) is 18.6.